The lowest BCUT2D eigenvalue weighted by molar-refractivity contribution is -0.122. The van der Waals surface area contributed by atoms with Crippen molar-refractivity contribution in [1.29, 1.82) is 0 Å². The highest BCUT2D eigenvalue weighted by atomic mass is 19.1. The number of hydrogen-bond acceptors (Lipinski definition) is 8. The Morgan fingerprint density at radius 2 is 1.79 bits per heavy atom. The number of nitrogens with zero attached hydrogens (tertiary/aromatic N) is 5. The van der Waals surface area contributed by atoms with Crippen LogP contribution in [-0.4, -0.2) is 66.4 Å². The number of imidazole rings is 1. The molecule has 10 nitrogen and oxygen atoms in total. The smallest absolute Gasteiger partial charge is 0.242 e. The molecule has 3 aromatic heterocycles. The van der Waals surface area contributed by atoms with E-state index in [0.717, 1.165) is 54.1 Å². The molecular formula is C40H40F2N6O4. The van der Waals surface area contributed by atoms with Crippen LogP contribution in [0.5, 0.6) is 5.75 Å². The summed E-state index contributed by atoms with van der Waals surface area (Å²) in [4.78, 5) is 40.5. The number of likely N-dealkylation sites (N-methyl/N-ethyl adjacent to an activating group) is 1. The van der Waals surface area contributed by atoms with E-state index in [2.05, 4.69) is 20.2 Å². The number of Topliss-reactive ketones (excluding diaryl/α,β-unsaturated/α-hetero) is 1. The average molecular weight is 707 g/mol. The van der Waals surface area contributed by atoms with Crippen molar-refractivity contribution in [1.82, 2.24) is 24.6 Å². The number of benzene rings is 2. The van der Waals surface area contributed by atoms with Gasteiger partial charge in [0.05, 0.1) is 24.2 Å². The van der Waals surface area contributed by atoms with Crippen LogP contribution in [0, 0.1) is 23.6 Å². The Kier molecular flexibility index (Phi) is 8.84. The van der Waals surface area contributed by atoms with E-state index in [-0.39, 0.29) is 58.6 Å². The van der Waals surface area contributed by atoms with Gasteiger partial charge in [0.2, 0.25) is 11.9 Å². The van der Waals surface area contributed by atoms with Gasteiger partial charge in [0.15, 0.2) is 5.78 Å². The van der Waals surface area contributed by atoms with Crippen LogP contribution in [0.25, 0.3) is 16.8 Å². The molecule has 8 rings (SSSR count). The topological polar surface area (TPSA) is 123 Å². The second-order valence-electron chi connectivity index (χ2n) is 14.5. The van der Waals surface area contributed by atoms with Gasteiger partial charge in [0.25, 0.3) is 0 Å². The summed E-state index contributed by atoms with van der Waals surface area (Å²) in [5, 5.41) is 23.9. The molecule has 0 saturated heterocycles. The van der Waals surface area contributed by atoms with Crippen molar-refractivity contribution in [3.63, 3.8) is 0 Å². The molecule has 1 atom stereocenters. The molecule has 4 heterocycles. The van der Waals surface area contributed by atoms with Gasteiger partial charge in [0.1, 0.15) is 23.1 Å². The molecule has 0 bridgehead atoms. The molecule has 268 valence electrons. The van der Waals surface area contributed by atoms with Gasteiger partial charge in [-0.2, -0.15) is 4.39 Å². The molecule has 1 unspecified atom stereocenters. The zero-order valence-corrected chi connectivity index (χ0v) is 28.8. The molecule has 52 heavy (non-hydrogen) atoms. The number of amides is 1. The fraction of sp³-hybridized carbons (Fsp3) is 0.350. The number of rotatable bonds is 10. The average Bonchev–Trinajstić information content (AvgIpc) is 3.85. The fourth-order valence-electron chi connectivity index (χ4n) is 8.06. The van der Waals surface area contributed by atoms with Crippen LogP contribution in [0.3, 0.4) is 0 Å². The minimum Gasteiger partial charge on any atom is -0.508 e. The molecule has 3 N–H and O–H groups in total. The van der Waals surface area contributed by atoms with Gasteiger partial charge in [-0.05, 0) is 105 Å². The van der Waals surface area contributed by atoms with Crippen molar-refractivity contribution in [2.24, 2.45) is 11.8 Å². The highest BCUT2D eigenvalue weighted by Crippen LogP contribution is 2.44. The first-order chi connectivity index (χ1) is 25.1. The fourth-order valence-corrected chi connectivity index (χ4v) is 8.06. The molecular weight excluding hydrogens is 666 g/mol. The summed E-state index contributed by atoms with van der Waals surface area (Å²) in [7, 11) is 1.97. The third-order valence-electron chi connectivity index (χ3n) is 11.2. The summed E-state index contributed by atoms with van der Waals surface area (Å²) in [5.74, 6) is -2.94. The Labute approximate surface area is 299 Å². The minimum absolute atomic E-state index is 0.0581. The first-order valence-corrected chi connectivity index (χ1v) is 17.8. The number of phenols is 1. The molecule has 12 heteroatoms. The molecule has 5 aromatic rings. The Balaban J connectivity index is 1.03. The van der Waals surface area contributed by atoms with Crippen molar-refractivity contribution < 1.29 is 28.6 Å². The molecule has 1 aliphatic heterocycles. The lowest BCUT2D eigenvalue weighted by Crippen LogP contribution is -2.47. The maximum absolute atomic E-state index is 14.6. The summed E-state index contributed by atoms with van der Waals surface area (Å²) in [6, 6.07) is 16.9. The number of phenolic OH excluding ortho intramolecular Hbond substituents is 1. The van der Waals surface area contributed by atoms with Crippen LogP contribution in [0.15, 0.2) is 79.3 Å². The molecule has 2 fully saturated rings. The van der Waals surface area contributed by atoms with Gasteiger partial charge in [-0.3, -0.25) is 19.4 Å². The lowest BCUT2D eigenvalue weighted by atomic mass is 9.73. The summed E-state index contributed by atoms with van der Waals surface area (Å²) < 4.78 is 29.9. The van der Waals surface area contributed by atoms with Crippen molar-refractivity contribution in [2.45, 2.75) is 63.2 Å². The molecule has 1 amide bonds. The van der Waals surface area contributed by atoms with Gasteiger partial charge < -0.3 is 19.9 Å². The SMILES string of the molecule is CN(Cc1cc(O)ccc1-c1cccc(N2C(=O)C(C3CCC(NCc4cn5cc(F)ccc5n4)CC3)C(=O)c3cc(F)ncc32)c1)C1(CO)CC1. The van der Waals surface area contributed by atoms with Crippen molar-refractivity contribution in [3.05, 3.63) is 108 Å². The number of anilines is 2. The number of hydrogen-bond donors (Lipinski definition) is 3. The van der Waals surface area contributed by atoms with E-state index in [4.69, 9.17) is 0 Å². The lowest BCUT2D eigenvalue weighted by Gasteiger charge is -2.39. The largest absolute Gasteiger partial charge is 0.508 e. The van der Waals surface area contributed by atoms with Crippen LogP contribution in [0.1, 0.15) is 60.1 Å². The number of aliphatic hydroxyl groups is 1. The quantitative estimate of drug-likeness (QED) is 0.117. The number of halogens is 2. The second kappa shape index (κ2) is 13.5. The third-order valence-corrected chi connectivity index (χ3v) is 11.2. The van der Waals surface area contributed by atoms with E-state index in [0.29, 0.717) is 37.3 Å². The Hall–Kier alpha value is -5.04. The summed E-state index contributed by atoms with van der Waals surface area (Å²) >= 11 is 0. The Morgan fingerprint density at radius 1 is 0.981 bits per heavy atom. The first-order valence-electron chi connectivity index (χ1n) is 17.8. The van der Waals surface area contributed by atoms with Crippen molar-refractivity contribution in [3.8, 4) is 16.9 Å². The van der Waals surface area contributed by atoms with E-state index >= 15 is 0 Å². The van der Waals surface area contributed by atoms with Crippen LogP contribution >= 0.6 is 0 Å². The predicted octanol–water partition coefficient (Wildman–Crippen LogP) is 6.16. The first kappa shape index (κ1) is 34.1. The van der Waals surface area contributed by atoms with Gasteiger partial charge in [-0.1, -0.05) is 18.2 Å². The maximum atomic E-state index is 14.6. The Morgan fingerprint density at radius 3 is 2.56 bits per heavy atom. The molecule has 2 saturated carbocycles. The van der Waals surface area contributed by atoms with E-state index in [1.54, 1.807) is 34.9 Å². The molecule has 3 aliphatic rings. The number of ketones is 1. The number of carbonyl (C=O) groups is 2. The molecule has 2 aromatic carbocycles. The highest BCUT2D eigenvalue weighted by Gasteiger charge is 2.47. The molecule has 0 radical (unpaired) electrons. The maximum Gasteiger partial charge on any atom is 0.242 e. The predicted molar refractivity (Wildman–Crippen MR) is 191 cm³/mol. The van der Waals surface area contributed by atoms with Crippen LogP contribution in [-0.2, 0) is 17.9 Å². The van der Waals surface area contributed by atoms with Gasteiger partial charge in [-0.15, -0.1) is 0 Å². The number of carbonyl (C=O) groups excluding carboxylic acids is 2. The third kappa shape index (κ3) is 6.35. The number of pyridine rings is 2. The van der Waals surface area contributed by atoms with E-state index < -0.39 is 11.9 Å². The zero-order chi connectivity index (χ0) is 36.1. The van der Waals surface area contributed by atoms with E-state index in [1.807, 2.05) is 31.3 Å². The molecule has 2 aliphatic carbocycles. The van der Waals surface area contributed by atoms with Crippen molar-refractivity contribution >= 4 is 28.7 Å². The summed E-state index contributed by atoms with van der Waals surface area (Å²) in [5.41, 5.74) is 4.63. The van der Waals surface area contributed by atoms with Gasteiger partial charge in [-0.25, -0.2) is 14.4 Å². The number of aliphatic hydroxyl groups excluding tert-OH is 1. The second-order valence-corrected chi connectivity index (χ2v) is 14.5. The monoisotopic (exact) mass is 706 g/mol. The van der Waals surface area contributed by atoms with Crippen molar-refractivity contribution in [2.75, 3.05) is 18.6 Å². The number of aromatic nitrogens is 3. The summed E-state index contributed by atoms with van der Waals surface area (Å²) in [6.07, 6.45) is 8.99. The number of aromatic hydroxyl groups is 1. The van der Waals surface area contributed by atoms with E-state index in [1.165, 1.54) is 23.4 Å². The highest BCUT2D eigenvalue weighted by molar-refractivity contribution is 6.24. The van der Waals surface area contributed by atoms with E-state index in [9.17, 15) is 28.6 Å². The van der Waals surface area contributed by atoms with Crippen LogP contribution in [0.2, 0.25) is 0 Å². The number of fused-ring (bicyclic) bond motifs is 2. The van der Waals surface area contributed by atoms with Crippen LogP contribution < -0.4 is 10.2 Å². The zero-order valence-electron chi connectivity index (χ0n) is 28.8. The standard InChI is InChI=1S/C40H40F2N6O4/c1-46(40(23-49)13-14-40)20-26-16-31(50)10-11-32(26)25-3-2-4-30(15-25)48-34-19-44-35(42)17-33(34)38(51)37(39(48)52)24-5-8-28(9-6-24)43-18-29-22-47-21-27(41)7-12-36(47)45-29/h2-4,7,10-12,15-17,19,21-22,24,28,37,43,49-50H,5-6,8-9,13-14,18,20,23H2,1H3. The number of nitrogens with one attached hydrogen (secondary N) is 1. The molecule has 0 spiro atoms. The van der Waals surface area contributed by atoms with Crippen LogP contribution in [0.4, 0.5) is 20.2 Å². The minimum atomic E-state index is -0.974. The van der Waals surface area contributed by atoms with Gasteiger partial charge in [0, 0.05) is 54.4 Å². The normalized spacial score (nSPS) is 21.2. The van der Waals surface area contributed by atoms with Gasteiger partial charge >= 0.3 is 0 Å². The summed E-state index contributed by atoms with van der Waals surface area (Å²) in [6.45, 7) is 1.06. The Bertz CT molecular complexity index is 2180.